The van der Waals surface area contributed by atoms with Crippen LogP contribution in [0.1, 0.15) is 37.8 Å². The quantitative estimate of drug-likeness (QED) is 0.145. The molecule has 0 spiro atoms. The number of carboxylic acid groups (broad SMARTS) is 2. The number of hydrogen-bond donors (Lipinski definition) is 8. The molecule has 13 nitrogen and oxygen atoms in total. The summed E-state index contributed by atoms with van der Waals surface area (Å²) >= 11 is 0. The van der Waals surface area contributed by atoms with Gasteiger partial charge in [0.2, 0.25) is 17.7 Å². The van der Waals surface area contributed by atoms with Crippen molar-refractivity contribution in [2.24, 2.45) is 11.7 Å². The summed E-state index contributed by atoms with van der Waals surface area (Å²) in [5, 5.41) is 45.1. The second kappa shape index (κ2) is 15.2. The Morgan fingerprint density at radius 3 is 1.54 bits per heavy atom. The maximum Gasteiger partial charge on any atom is 0.326 e. The number of carbonyl (C=O) groups excluding carboxylic acids is 3. The molecule has 0 aliphatic carbocycles. The molecule has 0 saturated carbocycles. The van der Waals surface area contributed by atoms with Crippen LogP contribution in [-0.2, 0) is 36.8 Å². The van der Waals surface area contributed by atoms with Crippen molar-refractivity contribution in [3.05, 3.63) is 59.7 Å². The van der Waals surface area contributed by atoms with E-state index in [1.807, 2.05) is 13.8 Å². The number of carbonyl (C=O) groups is 5. The number of hydrogen-bond acceptors (Lipinski definition) is 8. The third kappa shape index (κ3) is 11.2. The van der Waals surface area contributed by atoms with Crippen molar-refractivity contribution in [1.29, 1.82) is 0 Å². The van der Waals surface area contributed by atoms with E-state index >= 15 is 0 Å². The van der Waals surface area contributed by atoms with Crippen molar-refractivity contribution in [2.45, 2.75) is 63.7 Å². The van der Waals surface area contributed by atoms with Gasteiger partial charge < -0.3 is 42.1 Å². The SMILES string of the molecule is CC(C)CC(N)C(=O)NC(Cc1ccc(O)cc1)C(=O)NC(CC(=O)O)C(=O)NC(Cc1ccc(O)cc1)C(=O)O. The highest BCUT2D eigenvalue weighted by Gasteiger charge is 2.32. The van der Waals surface area contributed by atoms with E-state index in [2.05, 4.69) is 16.0 Å². The lowest BCUT2D eigenvalue weighted by Crippen LogP contribution is -2.58. The average molecular weight is 573 g/mol. The Morgan fingerprint density at radius 1 is 0.683 bits per heavy atom. The Kier molecular flexibility index (Phi) is 12.1. The summed E-state index contributed by atoms with van der Waals surface area (Å²) in [6.07, 6.45) is -0.786. The van der Waals surface area contributed by atoms with Gasteiger partial charge >= 0.3 is 11.9 Å². The summed E-state index contributed by atoms with van der Waals surface area (Å²) in [5.41, 5.74) is 6.98. The standard InChI is InChI=1S/C28H36N4O9/c1-15(2)11-20(29)25(37)30-21(12-16-3-7-18(33)8-4-16)26(38)31-22(14-24(35)36)27(39)32-23(28(40)41)13-17-5-9-19(34)10-6-17/h3-10,15,20-23,33-34H,11-14,29H2,1-2H3,(H,30,37)(H,31,38)(H,32,39)(H,35,36)(H,40,41). The van der Waals surface area contributed by atoms with Crippen molar-refractivity contribution in [3.63, 3.8) is 0 Å². The van der Waals surface area contributed by atoms with Crippen LogP contribution in [-0.4, -0.2) is 74.3 Å². The fourth-order valence-electron chi connectivity index (χ4n) is 3.97. The Morgan fingerprint density at radius 2 is 1.10 bits per heavy atom. The molecule has 222 valence electrons. The summed E-state index contributed by atoms with van der Waals surface area (Å²) < 4.78 is 0. The Bertz CT molecular complexity index is 1220. The topological polar surface area (TPSA) is 228 Å². The maximum atomic E-state index is 13.3. The first kappa shape index (κ1) is 32.6. The predicted octanol–water partition coefficient (Wildman–Crippen LogP) is 0.270. The van der Waals surface area contributed by atoms with Crippen LogP contribution in [0.15, 0.2) is 48.5 Å². The Hall–Kier alpha value is -4.65. The smallest absolute Gasteiger partial charge is 0.326 e. The van der Waals surface area contributed by atoms with E-state index in [0.717, 1.165) is 0 Å². The number of aromatic hydroxyl groups is 2. The minimum atomic E-state index is -1.68. The number of phenols is 2. The molecular weight excluding hydrogens is 536 g/mol. The molecule has 13 heteroatoms. The van der Waals surface area contributed by atoms with Gasteiger partial charge in [0, 0.05) is 12.8 Å². The molecule has 3 amide bonds. The molecule has 41 heavy (non-hydrogen) atoms. The average Bonchev–Trinajstić information content (AvgIpc) is 2.89. The molecule has 0 heterocycles. The summed E-state index contributed by atoms with van der Waals surface area (Å²) in [4.78, 5) is 62.4. The summed E-state index contributed by atoms with van der Waals surface area (Å²) in [6.45, 7) is 3.74. The Labute approximate surface area is 236 Å². The molecule has 0 radical (unpaired) electrons. The van der Waals surface area contributed by atoms with Gasteiger partial charge in [0.1, 0.15) is 29.6 Å². The largest absolute Gasteiger partial charge is 0.508 e. The van der Waals surface area contributed by atoms with Crippen LogP contribution in [0.4, 0.5) is 0 Å². The van der Waals surface area contributed by atoms with Gasteiger partial charge in [-0.1, -0.05) is 38.1 Å². The number of aliphatic carboxylic acids is 2. The molecule has 9 N–H and O–H groups in total. The number of benzene rings is 2. The lowest BCUT2D eigenvalue weighted by atomic mass is 10.0. The van der Waals surface area contributed by atoms with Gasteiger partial charge in [-0.15, -0.1) is 0 Å². The fraction of sp³-hybridized carbons (Fsp3) is 0.393. The van der Waals surface area contributed by atoms with Crippen LogP contribution in [0.5, 0.6) is 11.5 Å². The summed E-state index contributed by atoms with van der Waals surface area (Å²) in [7, 11) is 0. The van der Waals surface area contributed by atoms with Gasteiger partial charge in [0.15, 0.2) is 0 Å². The number of carboxylic acids is 2. The van der Waals surface area contributed by atoms with Crippen molar-refractivity contribution in [3.8, 4) is 11.5 Å². The first-order valence-corrected chi connectivity index (χ1v) is 12.9. The highest BCUT2D eigenvalue weighted by Crippen LogP contribution is 2.14. The molecule has 0 fully saturated rings. The minimum absolute atomic E-state index is 0.0174. The molecule has 2 aromatic rings. The zero-order valence-corrected chi connectivity index (χ0v) is 22.7. The number of nitrogens with two attached hydrogens (primary N) is 1. The maximum absolute atomic E-state index is 13.3. The zero-order valence-electron chi connectivity index (χ0n) is 22.7. The van der Waals surface area contributed by atoms with Gasteiger partial charge in [0.05, 0.1) is 12.5 Å². The van der Waals surface area contributed by atoms with E-state index in [1.54, 1.807) is 0 Å². The van der Waals surface area contributed by atoms with E-state index in [9.17, 15) is 44.4 Å². The normalized spacial score (nSPS) is 13.9. The molecule has 2 aromatic carbocycles. The predicted molar refractivity (Wildman–Crippen MR) is 147 cm³/mol. The second-order valence-electron chi connectivity index (χ2n) is 10.1. The number of phenolic OH excluding ortho intramolecular Hbond substituents is 2. The summed E-state index contributed by atoms with van der Waals surface area (Å²) in [6, 6.07) is 6.10. The second-order valence-corrected chi connectivity index (χ2v) is 10.1. The molecule has 0 aliphatic rings. The van der Waals surface area contributed by atoms with Gasteiger partial charge in [-0.05, 0) is 47.7 Å². The highest BCUT2D eigenvalue weighted by molar-refractivity contribution is 5.95. The minimum Gasteiger partial charge on any atom is -0.508 e. The van der Waals surface area contributed by atoms with Gasteiger partial charge in [0.25, 0.3) is 0 Å². The van der Waals surface area contributed by atoms with Crippen LogP contribution >= 0.6 is 0 Å². The first-order chi connectivity index (χ1) is 19.2. The van der Waals surface area contributed by atoms with Crippen LogP contribution < -0.4 is 21.7 Å². The van der Waals surface area contributed by atoms with E-state index in [-0.39, 0.29) is 30.3 Å². The molecule has 4 atom stereocenters. The molecule has 2 rings (SSSR count). The van der Waals surface area contributed by atoms with Crippen LogP contribution in [0, 0.1) is 5.92 Å². The third-order valence-corrected chi connectivity index (χ3v) is 6.07. The van der Waals surface area contributed by atoms with E-state index in [4.69, 9.17) is 5.73 Å². The lowest BCUT2D eigenvalue weighted by molar-refractivity contribution is -0.143. The van der Waals surface area contributed by atoms with Crippen molar-refractivity contribution >= 4 is 29.7 Å². The van der Waals surface area contributed by atoms with Gasteiger partial charge in [-0.25, -0.2) is 4.79 Å². The third-order valence-electron chi connectivity index (χ3n) is 6.07. The fourth-order valence-corrected chi connectivity index (χ4v) is 3.97. The monoisotopic (exact) mass is 572 g/mol. The molecule has 0 aliphatic heterocycles. The van der Waals surface area contributed by atoms with E-state index in [1.165, 1.54) is 48.5 Å². The van der Waals surface area contributed by atoms with E-state index in [0.29, 0.717) is 17.5 Å². The lowest BCUT2D eigenvalue weighted by Gasteiger charge is -2.25. The summed E-state index contributed by atoms with van der Waals surface area (Å²) in [5.74, 6) is -5.38. The zero-order chi connectivity index (χ0) is 30.7. The van der Waals surface area contributed by atoms with Crippen LogP contribution in [0.3, 0.4) is 0 Å². The number of amides is 3. The van der Waals surface area contributed by atoms with Crippen molar-refractivity contribution < 1.29 is 44.4 Å². The molecule has 4 unspecified atom stereocenters. The Balaban J connectivity index is 2.24. The van der Waals surface area contributed by atoms with Crippen LogP contribution in [0.2, 0.25) is 0 Å². The van der Waals surface area contributed by atoms with E-state index < -0.39 is 60.2 Å². The first-order valence-electron chi connectivity index (χ1n) is 12.9. The van der Waals surface area contributed by atoms with Gasteiger partial charge in [-0.2, -0.15) is 0 Å². The number of nitrogens with one attached hydrogen (secondary N) is 3. The molecule has 0 saturated heterocycles. The van der Waals surface area contributed by atoms with Crippen molar-refractivity contribution in [1.82, 2.24) is 16.0 Å². The molecular formula is C28H36N4O9. The van der Waals surface area contributed by atoms with Crippen LogP contribution in [0.25, 0.3) is 0 Å². The van der Waals surface area contributed by atoms with Gasteiger partial charge in [-0.3, -0.25) is 19.2 Å². The number of rotatable bonds is 15. The molecule has 0 bridgehead atoms. The van der Waals surface area contributed by atoms with Crippen molar-refractivity contribution in [2.75, 3.05) is 0 Å². The highest BCUT2D eigenvalue weighted by atomic mass is 16.4. The molecule has 0 aromatic heterocycles.